The minimum Gasteiger partial charge on any atom is -0.331 e. The number of carbonyl (C=O) groups excluding carboxylic acids is 1. The summed E-state index contributed by atoms with van der Waals surface area (Å²) < 4.78 is 4.70. The summed E-state index contributed by atoms with van der Waals surface area (Å²) in [6, 6.07) is 0. The van der Waals surface area contributed by atoms with Crippen LogP contribution in [0.1, 0.15) is 48.1 Å². The van der Waals surface area contributed by atoms with E-state index < -0.39 is 0 Å². The lowest BCUT2D eigenvalue weighted by molar-refractivity contribution is 0.108. The zero-order valence-electron chi connectivity index (χ0n) is 6.69. The molecule has 0 unspecified atom stereocenters. The Morgan fingerprint density at radius 3 is 2.75 bits per heavy atom. The lowest BCUT2D eigenvalue weighted by Crippen LogP contribution is -1.94. The van der Waals surface area contributed by atoms with Gasteiger partial charge in [0.1, 0.15) is 0 Å². The number of hydrogen-bond donors (Lipinski definition) is 0. The largest absolute Gasteiger partial charge is 0.331 e. The quantitative estimate of drug-likeness (QED) is 0.625. The van der Waals surface area contributed by atoms with Crippen LogP contribution in [-0.4, -0.2) is 16.4 Å². The topological polar surface area (TPSA) is 56.0 Å². The van der Waals surface area contributed by atoms with Gasteiger partial charge in [-0.1, -0.05) is 18.0 Å². The maximum Gasteiger partial charge on any atom is 0.290 e. The van der Waals surface area contributed by atoms with Gasteiger partial charge in [-0.05, 0) is 12.8 Å². The minimum absolute atomic E-state index is 0.0944. The number of rotatable bonds is 2. The van der Waals surface area contributed by atoms with Crippen molar-refractivity contribution in [1.29, 1.82) is 0 Å². The molecule has 1 aliphatic carbocycles. The lowest BCUT2D eigenvalue weighted by atomic mass is 10.1. The van der Waals surface area contributed by atoms with Crippen molar-refractivity contribution >= 4 is 6.29 Å². The highest BCUT2D eigenvalue weighted by molar-refractivity contribution is 5.66. The Bertz CT molecular complexity index is 276. The van der Waals surface area contributed by atoms with E-state index in [1.54, 1.807) is 0 Å². The van der Waals surface area contributed by atoms with Crippen molar-refractivity contribution in [2.75, 3.05) is 0 Å². The molecule has 1 heterocycles. The second kappa shape index (κ2) is 3.05. The van der Waals surface area contributed by atoms with Crippen molar-refractivity contribution in [1.82, 2.24) is 10.1 Å². The van der Waals surface area contributed by atoms with Gasteiger partial charge in [0.2, 0.25) is 6.29 Å². The summed E-state index contributed by atoms with van der Waals surface area (Å²) in [5.41, 5.74) is 0. The van der Waals surface area contributed by atoms with E-state index in [4.69, 9.17) is 4.52 Å². The average Bonchev–Trinajstić information content (AvgIpc) is 2.75. The molecule has 1 fully saturated rings. The minimum atomic E-state index is 0.0944. The summed E-state index contributed by atoms with van der Waals surface area (Å²) >= 11 is 0. The average molecular weight is 166 g/mol. The molecule has 0 aliphatic heterocycles. The maximum atomic E-state index is 10.2. The van der Waals surface area contributed by atoms with Crippen molar-refractivity contribution in [3.8, 4) is 0 Å². The van der Waals surface area contributed by atoms with Crippen LogP contribution in [0.3, 0.4) is 0 Å². The van der Waals surface area contributed by atoms with Crippen LogP contribution < -0.4 is 0 Å². The predicted molar refractivity (Wildman–Crippen MR) is 40.9 cm³/mol. The third kappa shape index (κ3) is 1.24. The van der Waals surface area contributed by atoms with Crippen LogP contribution in [0.15, 0.2) is 4.52 Å². The van der Waals surface area contributed by atoms with Gasteiger partial charge in [0.05, 0.1) is 0 Å². The van der Waals surface area contributed by atoms with E-state index in [2.05, 4.69) is 10.1 Å². The highest BCUT2D eigenvalue weighted by Crippen LogP contribution is 2.31. The van der Waals surface area contributed by atoms with Crippen LogP contribution in [0.5, 0.6) is 0 Å². The molecule has 64 valence electrons. The second-order valence-corrected chi connectivity index (χ2v) is 3.09. The highest BCUT2D eigenvalue weighted by atomic mass is 16.5. The van der Waals surface area contributed by atoms with E-state index in [0.717, 1.165) is 12.8 Å². The molecule has 0 radical (unpaired) electrons. The van der Waals surface area contributed by atoms with Crippen LogP contribution in [0.25, 0.3) is 0 Å². The normalized spacial score (nSPS) is 18.3. The second-order valence-electron chi connectivity index (χ2n) is 3.09. The smallest absolute Gasteiger partial charge is 0.290 e. The third-order valence-electron chi connectivity index (χ3n) is 2.28. The Kier molecular flexibility index (Phi) is 1.89. The van der Waals surface area contributed by atoms with Crippen molar-refractivity contribution < 1.29 is 9.32 Å². The molecule has 0 spiro atoms. The lowest BCUT2D eigenvalue weighted by Gasteiger charge is -1.98. The molecular formula is C8H10N2O2. The predicted octanol–water partition coefficient (Wildman–Crippen LogP) is 1.54. The molecule has 4 nitrogen and oxygen atoms in total. The molecule has 0 saturated heterocycles. The summed E-state index contributed by atoms with van der Waals surface area (Å²) in [4.78, 5) is 14.2. The van der Waals surface area contributed by atoms with Gasteiger partial charge in [-0.3, -0.25) is 4.79 Å². The number of aromatic nitrogens is 2. The van der Waals surface area contributed by atoms with Gasteiger partial charge < -0.3 is 4.52 Å². The summed E-state index contributed by atoms with van der Waals surface area (Å²) in [6.45, 7) is 0. The van der Waals surface area contributed by atoms with Gasteiger partial charge in [0.25, 0.3) is 5.89 Å². The van der Waals surface area contributed by atoms with E-state index in [1.807, 2.05) is 0 Å². The molecule has 0 bridgehead atoms. The van der Waals surface area contributed by atoms with Gasteiger partial charge in [-0.2, -0.15) is 4.98 Å². The number of aldehydes is 1. The fourth-order valence-electron chi connectivity index (χ4n) is 1.64. The first-order chi connectivity index (χ1) is 5.90. The van der Waals surface area contributed by atoms with E-state index in [1.165, 1.54) is 12.8 Å². The van der Waals surface area contributed by atoms with Crippen LogP contribution in [-0.2, 0) is 0 Å². The molecule has 0 aromatic carbocycles. The Hall–Kier alpha value is -1.19. The van der Waals surface area contributed by atoms with Gasteiger partial charge in [-0.15, -0.1) is 0 Å². The monoisotopic (exact) mass is 166 g/mol. The Labute approximate surface area is 70.0 Å². The molecule has 0 N–H and O–H groups in total. The zero-order valence-corrected chi connectivity index (χ0v) is 6.69. The molecule has 0 amide bonds. The standard InChI is InChI=1S/C8H10N2O2/c11-5-7-9-8(10-12-7)6-3-1-2-4-6/h5-6H,1-4H2. The third-order valence-corrected chi connectivity index (χ3v) is 2.28. The molecule has 1 aliphatic rings. The SMILES string of the molecule is O=Cc1nc(C2CCCC2)no1. The highest BCUT2D eigenvalue weighted by Gasteiger charge is 2.21. The van der Waals surface area contributed by atoms with Crippen LogP contribution >= 0.6 is 0 Å². The molecule has 1 saturated carbocycles. The van der Waals surface area contributed by atoms with Gasteiger partial charge in [0, 0.05) is 5.92 Å². The molecule has 2 rings (SSSR count). The number of carbonyl (C=O) groups is 1. The maximum absolute atomic E-state index is 10.2. The van der Waals surface area contributed by atoms with Crippen molar-refractivity contribution in [3.63, 3.8) is 0 Å². The Morgan fingerprint density at radius 1 is 1.42 bits per heavy atom. The van der Waals surface area contributed by atoms with Crippen molar-refractivity contribution in [2.24, 2.45) is 0 Å². The fourth-order valence-corrected chi connectivity index (χ4v) is 1.64. The molecule has 1 aromatic rings. The summed E-state index contributed by atoms with van der Waals surface area (Å²) in [5.74, 6) is 1.22. The first kappa shape index (κ1) is 7.46. The number of nitrogens with zero attached hydrogens (tertiary/aromatic N) is 2. The van der Waals surface area contributed by atoms with E-state index in [-0.39, 0.29) is 5.89 Å². The molecule has 12 heavy (non-hydrogen) atoms. The summed E-state index contributed by atoms with van der Waals surface area (Å²) in [7, 11) is 0. The number of hydrogen-bond acceptors (Lipinski definition) is 4. The fraction of sp³-hybridized carbons (Fsp3) is 0.625. The van der Waals surface area contributed by atoms with Crippen molar-refractivity contribution in [2.45, 2.75) is 31.6 Å². The van der Waals surface area contributed by atoms with Gasteiger partial charge in [-0.25, -0.2) is 0 Å². The Morgan fingerprint density at radius 2 is 2.17 bits per heavy atom. The van der Waals surface area contributed by atoms with Gasteiger partial charge >= 0.3 is 0 Å². The summed E-state index contributed by atoms with van der Waals surface area (Å²) in [6.07, 6.45) is 5.30. The van der Waals surface area contributed by atoms with E-state index in [0.29, 0.717) is 18.0 Å². The molecule has 4 heteroatoms. The first-order valence-electron chi connectivity index (χ1n) is 4.19. The Balaban J connectivity index is 2.16. The van der Waals surface area contributed by atoms with E-state index in [9.17, 15) is 4.79 Å². The first-order valence-corrected chi connectivity index (χ1v) is 4.19. The molecule has 1 aromatic heterocycles. The molecule has 0 atom stereocenters. The van der Waals surface area contributed by atoms with E-state index >= 15 is 0 Å². The van der Waals surface area contributed by atoms with Crippen molar-refractivity contribution in [3.05, 3.63) is 11.7 Å². The summed E-state index contributed by atoms with van der Waals surface area (Å²) in [5, 5.41) is 3.75. The molecular weight excluding hydrogens is 156 g/mol. The van der Waals surface area contributed by atoms with Crippen LogP contribution in [0.4, 0.5) is 0 Å². The van der Waals surface area contributed by atoms with Crippen LogP contribution in [0, 0.1) is 0 Å². The zero-order chi connectivity index (χ0) is 8.39. The van der Waals surface area contributed by atoms with Gasteiger partial charge in [0.15, 0.2) is 5.82 Å². The van der Waals surface area contributed by atoms with Crippen LogP contribution in [0.2, 0.25) is 0 Å².